The molecular weight excluding hydrogens is 252 g/mol. The summed E-state index contributed by atoms with van der Waals surface area (Å²) in [6.45, 7) is 8.50. The first-order valence-corrected chi connectivity index (χ1v) is 8.24. The van der Waals surface area contributed by atoms with Crippen LogP contribution in [0.5, 0.6) is 0 Å². The maximum Gasteiger partial charge on any atom is 0.327 e. The van der Waals surface area contributed by atoms with E-state index in [2.05, 4.69) is 17.1 Å². The van der Waals surface area contributed by atoms with Crippen molar-refractivity contribution in [1.29, 1.82) is 0 Å². The zero-order valence-corrected chi connectivity index (χ0v) is 13.3. The van der Waals surface area contributed by atoms with E-state index in [-0.39, 0.29) is 5.97 Å². The van der Waals surface area contributed by atoms with Crippen LogP contribution >= 0.6 is 0 Å². The minimum Gasteiger partial charge on any atom is -0.465 e. The molecule has 1 saturated carbocycles. The van der Waals surface area contributed by atoms with Gasteiger partial charge in [-0.2, -0.15) is 0 Å². The van der Waals surface area contributed by atoms with Crippen molar-refractivity contribution in [3.63, 3.8) is 0 Å². The van der Waals surface area contributed by atoms with Crippen molar-refractivity contribution in [2.75, 3.05) is 19.7 Å². The van der Waals surface area contributed by atoms with Crippen molar-refractivity contribution < 1.29 is 9.53 Å². The van der Waals surface area contributed by atoms with Gasteiger partial charge in [0.1, 0.15) is 5.54 Å². The van der Waals surface area contributed by atoms with Gasteiger partial charge in [-0.3, -0.25) is 15.0 Å². The van der Waals surface area contributed by atoms with Crippen LogP contribution in [0.15, 0.2) is 0 Å². The zero-order chi connectivity index (χ0) is 14.6. The lowest BCUT2D eigenvalue weighted by Crippen LogP contribution is -2.59. The SMILES string of the molecule is CCOC(=O)C(C)(CN1CCCCCC1C)NC1CC1. The molecule has 0 amide bonds. The van der Waals surface area contributed by atoms with E-state index in [4.69, 9.17) is 4.74 Å². The van der Waals surface area contributed by atoms with Gasteiger partial charge >= 0.3 is 5.97 Å². The van der Waals surface area contributed by atoms with Crippen LogP contribution in [0.2, 0.25) is 0 Å². The fourth-order valence-corrected chi connectivity index (χ4v) is 3.11. The molecule has 1 N–H and O–H groups in total. The Morgan fingerprint density at radius 3 is 2.70 bits per heavy atom. The molecule has 1 saturated heterocycles. The number of nitrogens with zero attached hydrogens (tertiary/aromatic N) is 1. The Morgan fingerprint density at radius 1 is 1.30 bits per heavy atom. The molecule has 0 radical (unpaired) electrons. The number of esters is 1. The van der Waals surface area contributed by atoms with Gasteiger partial charge in [0.15, 0.2) is 0 Å². The minimum atomic E-state index is -0.560. The number of hydrogen-bond donors (Lipinski definition) is 1. The molecule has 2 rings (SSSR count). The van der Waals surface area contributed by atoms with Crippen molar-refractivity contribution in [1.82, 2.24) is 10.2 Å². The molecule has 2 atom stereocenters. The van der Waals surface area contributed by atoms with Crippen molar-refractivity contribution in [3.8, 4) is 0 Å². The van der Waals surface area contributed by atoms with Crippen LogP contribution in [0.3, 0.4) is 0 Å². The number of carbonyl (C=O) groups excluding carboxylic acids is 1. The van der Waals surface area contributed by atoms with Crippen LogP contribution in [0.1, 0.15) is 59.3 Å². The standard InChI is InChI=1S/C16H30N2O2/c1-4-20-15(19)16(3,17-14-9-10-14)12-18-11-7-5-6-8-13(18)2/h13-14,17H,4-12H2,1-3H3. The highest BCUT2D eigenvalue weighted by Crippen LogP contribution is 2.25. The molecule has 4 nitrogen and oxygen atoms in total. The molecule has 1 heterocycles. The summed E-state index contributed by atoms with van der Waals surface area (Å²) in [6, 6.07) is 1.07. The molecule has 0 spiro atoms. The number of rotatable bonds is 6. The number of hydrogen-bond acceptors (Lipinski definition) is 4. The van der Waals surface area contributed by atoms with Crippen molar-refractivity contribution >= 4 is 5.97 Å². The number of ether oxygens (including phenoxy) is 1. The van der Waals surface area contributed by atoms with E-state index in [0.717, 1.165) is 13.1 Å². The van der Waals surface area contributed by atoms with Gasteiger partial charge in [0, 0.05) is 18.6 Å². The van der Waals surface area contributed by atoms with Crippen LogP contribution in [0, 0.1) is 0 Å². The van der Waals surface area contributed by atoms with E-state index in [1.54, 1.807) is 0 Å². The van der Waals surface area contributed by atoms with E-state index in [1.807, 2.05) is 13.8 Å². The van der Waals surface area contributed by atoms with Gasteiger partial charge in [-0.05, 0) is 53.0 Å². The Morgan fingerprint density at radius 2 is 2.05 bits per heavy atom. The molecule has 1 aliphatic heterocycles. The summed E-state index contributed by atoms with van der Waals surface area (Å²) >= 11 is 0. The first kappa shape index (κ1) is 15.8. The molecule has 0 aromatic carbocycles. The molecule has 2 unspecified atom stereocenters. The van der Waals surface area contributed by atoms with Crippen LogP contribution in [0.4, 0.5) is 0 Å². The summed E-state index contributed by atoms with van der Waals surface area (Å²) in [5, 5.41) is 3.52. The van der Waals surface area contributed by atoms with Gasteiger partial charge in [-0.15, -0.1) is 0 Å². The highest BCUT2D eigenvalue weighted by atomic mass is 16.5. The minimum absolute atomic E-state index is 0.0941. The summed E-state index contributed by atoms with van der Waals surface area (Å²) in [5.41, 5.74) is -0.560. The smallest absolute Gasteiger partial charge is 0.327 e. The third-order valence-corrected chi connectivity index (χ3v) is 4.54. The van der Waals surface area contributed by atoms with Gasteiger partial charge in [-0.25, -0.2) is 0 Å². The first-order chi connectivity index (χ1) is 9.55. The Kier molecular flexibility index (Phi) is 5.44. The Bertz CT molecular complexity index is 330. The number of likely N-dealkylation sites (tertiary alicyclic amines) is 1. The maximum atomic E-state index is 12.4. The van der Waals surface area contributed by atoms with Crippen LogP contribution in [-0.4, -0.2) is 48.2 Å². The lowest BCUT2D eigenvalue weighted by Gasteiger charge is -2.37. The average Bonchev–Trinajstić information content (AvgIpc) is 3.21. The quantitative estimate of drug-likeness (QED) is 0.759. The van der Waals surface area contributed by atoms with Crippen LogP contribution in [-0.2, 0) is 9.53 Å². The monoisotopic (exact) mass is 282 g/mol. The predicted octanol–water partition coefficient (Wildman–Crippen LogP) is 2.32. The van der Waals surface area contributed by atoms with E-state index >= 15 is 0 Å². The third-order valence-electron chi connectivity index (χ3n) is 4.54. The number of carbonyl (C=O) groups is 1. The molecule has 4 heteroatoms. The second kappa shape index (κ2) is 6.90. The molecule has 2 fully saturated rings. The fraction of sp³-hybridized carbons (Fsp3) is 0.938. The number of nitrogens with one attached hydrogen (secondary N) is 1. The summed E-state index contributed by atoms with van der Waals surface area (Å²) < 4.78 is 5.32. The summed E-state index contributed by atoms with van der Waals surface area (Å²) in [6.07, 6.45) is 7.47. The predicted molar refractivity (Wildman–Crippen MR) is 80.7 cm³/mol. The Labute approximate surface area is 123 Å². The fourth-order valence-electron chi connectivity index (χ4n) is 3.11. The Hall–Kier alpha value is -0.610. The summed E-state index contributed by atoms with van der Waals surface area (Å²) in [7, 11) is 0. The largest absolute Gasteiger partial charge is 0.465 e. The zero-order valence-electron chi connectivity index (χ0n) is 13.3. The molecule has 0 bridgehead atoms. The molecule has 2 aliphatic rings. The van der Waals surface area contributed by atoms with Gasteiger partial charge < -0.3 is 4.74 Å². The van der Waals surface area contributed by atoms with Crippen molar-refractivity contribution in [2.24, 2.45) is 0 Å². The highest BCUT2D eigenvalue weighted by Gasteiger charge is 2.41. The van der Waals surface area contributed by atoms with Gasteiger partial charge in [0.2, 0.25) is 0 Å². The van der Waals surface area contributed by atoms with Gasteiger partial charge in [0.05, 0.1) is 6.61 Å². The molecule has 20 heavy (non-hydrogen) atoms. The first-order valence-electron chi connectivity index (χ1n) is 8.24. The lowest BCUT2D eigenvalue weighted by atomic mass is 10.00. The molecule has 116 valence electrons. The normalized spacial score (nSPS) is 27.6. The second-order valence-electron chi connectivity index (χ2n) is 6.64. The van der Waals surface area contributed by atoms with Crippen LogP contribution < -0.4 is 5.32 Å². The van der Waals surface area contributed by atoms with E-state index in [1.165, 1.54) is 38.5 Å². The molecule has 1 aliphatic carbocycles. The average molecular weight is 282 g/mol. The lowest BCUT2D eigenvalue weighted by molar-refractivity contribution is -0.151. The Balaban J connectivity index is 2.02. The van der Waals surface area contributed by atoms with Gasteiger partial charge in [0.25, 0.3) is 0 Å². The summed E-state index contributed by atoms with van der Waals surface area (Å²) in [4.78, 5) is 14.9. The topological polar surface area (TPSA) is 41.6 Å². The van der Waals surface area contributed by atoms with E-state index < -0.39 is 5.54 Å². The van der Waals surface area contributed by atoms with E-state index in [0.29, 0.717) is 18.7 Å². The van der Waals surface area contributed by atoms with Crippen LogP contribution in [0.25, 0.3) is 0 Å². The van der Waals surface area contributed by atoms with E-state index in [9.17, 15) is 4.79 Å². The summed E-state index contributed by atoms with van der Waals surface area (Å²) in [5.74, 6) is -0.0941. The highest BCUT2D eigenvalue weighted by molar-refractivity contribution is 5.80. The van der Waals surface area contributed by atoms with Gasteiger partial charge in [-0.1, -0.05) is 12.8 Å². The third kappa shape index (κ3) is 4.19. The van der Waals surface area contributed by atoms with Crippen molar-refractivity contribution in [2.45, 2.75) is 76.9 Å². The second-order valence-corrected chi connectivity index (χ2v) is 6.64. The molecular formula is C16H30N2O2. The maximum absolute atomic E-state index is 12.4. The molecule has 0 aromatic heterocycles. The van der Waals surface area contributed by atoms with Crippen molar-refractivity contribution in [3.05, 3.63) is 0 Å². The molecule has 0 aromatic rings.